The first kappa shape index (κ1) is 22.6. The quantitative estimate of drug-likeness (QED) is 0.268. The number of H-pyrrole nitrogens is 1. The molecule has 0 atom stereocenters. The van der Waals surface area contributed by atoms with Crippen LogP contribution in [0.25, 0.3) is 33.3 Å². The van der Waals surface area contributed by atoms with Gasteiger partial charge in [0.1, 0.15) is 17.4 Å². The average Bonchev–Trinajstić information content (AvgIpc) is 3.25. The van der Waals surface area contributed by atoms with Crippen LogP contribution in [0.5, 0.6) is 5.75 Å². The molecule has 2 aromatic heterocycles. The Balaban J connectivity index is 1.41. The number of ether oxygens (including phenoxy) is 1. The molecule has 5 aromatic rings. The van der Waals surface area contributed by atoms with E-state index in [9.17, 15) is 9.59 Å². The normalized spacial score (nSPS) is 11.0. The van der Waals surface area contributed by atoms with E-state index in [2.05, 4.69) is 20.3 Å². The van der Waals surface area contributed by atoms with E-state index in [1.807, 2.05) is 30.3 Å². The number of aromatic nitrogens is 3. The monoisotopic (exact) mass is 506 g/mol. The average molecular weight is 507 g/mol. The highest BCUT2D eigenvalue weighted by atomic mass is 35.5. The molecule has 5 rings (SSSR count). The summed E-state index contributed by atoms with van der Waals surface area (Å²) in [6.45, 7) is -0.518. The number of benzene rings is 3. The van der Waals surface area contributed by atoms with Gasteiger partial charge < -0.3 is 20.1 Å². The molecule has 0 radical (unpaired) electrons. The van der Waals surface area contributed by atoms with E-state index in [1.54, 1.807) is 24.3 Å². The van der Waals surface area contributed by atoms with Crippen molar-refractivity contribution in [2.75, 3.05) is 11.9 Å². The summed E-state index contributed by atoms with van der Waals surface area (Å²) >= 11 is 12.8. The first-order valence-corrected chi connectivity index (χ1v) is 11.1. The number of aliphatic carboxylic acids is 1. The van der Waals surface area contributed by atoms with Crippen molar-refractivity contribution in [2.24, 2.45) is 0 Å². The number of nitrogens with one attached hydrogen (secondary N) is 2. The van der Waals surface area contributed by atoms with Gasteiger partial charge in [-0.05, 0) is 48.5 Å². The first-order valence-electron chi connectivity index (χ1n) is 10.4. The largest absolute Gasteiger partial charge is 0.482 e. The van der Waals surface area contributed by atoms with Crippen LogP contribution in [0.4, 0.5) is 5.82 Å². The number of amides is 1. The van der Waals surface area contributed by atoms with Gasteiger partial charge in [-0.25, -0.2) is 14.8 Å². The molecule has 8 nitrogen and oxygen atoms in total. The Morgan fingerprint density at radius 3 is 2.49 bits per heavy atom. The maximum Gasteiger partial charge on any atom is 0.341 e. The smallest absolute Gasteiger partial charge is 0.341 e. The number of para-hydroxylation sites is 1. The number of fused-ring (bicyclic) bond motifs is 2. The minimum absolute atomic E-state index is 0.225. The molecule has 1 amide bonds. The van der Waals surface area contributed by atoms with Crippen LogP contribution in [0.2, 0.25) is 10.0 Å². The van der Waals surface area contributed by atoms with E-state index >= 15 is 0 Å². The van der Waals surface area contributed by atoms with E-state index in [4.69, 9.17) is 33.0 Å². The van der Waals surface area contributed by atoms with Crippen LogP contribution in [-0.4, -0.2) is 38.5 Å². The molecule has 0 saturated heterocycles. The number of rotatable bonds is 6. The number of carboxylic acids is 1. The summed E-state index contributed by atoms with van der Waals surface area (Å²) in [5.41, 5.74) is 2.85. The van der Waals surface area contributed by atoms with Crippen molar-refractivity contribution in [3.05, 3.63) is 82.3 Å². The van der Waals surface area contributed by atoms with Gasteiger partial charge in [0.15, 0.2) is 6.61 Å². The number of pyridine rings is 1. The second kappa shape index (κ2) is 9.25. The van der Waals surface area contributed by atoms with Crippen LogP contribution in [-0.2, 0) is 4.79 Å². The van der Waals surface area contributed by atoms with Crippen molar-refractivity contribution < 1.29 is 19.4 Å². The fourth-order valence-electron chi connectivity index (χ4n) is 3.60. The van der Waals surface area contributed by atoms with Gasteiger partial charge in [-0.1, -0.05) is 41.4 Å². The van der Waals surface area contributed by atoms with Crippen LogP contribution >= 0.6 is 23.2 Å². The third-order valence-corrected chi connectivity index (χ3v) is 5.80. The van der Waals surface area contributed by atoms with Crippen LogP contribution in [0, 0.1) is 0 Å². The van der Waals surface area contributed by atoms with Gasteiger partial charge in [-0.2, -0.15) is 0 Å². The third kappa shape index (κ3) is 4.75. The molecule has 3 N–H and O–H groups in total. The summed E-state index contributed by atoms with van der Waals surface area (Å²) in [4.78, 5) is 35.7. The van der Waals surface area contributed by atoms with Crippen LogP contribution in [0.3, 0.4) is 0 Å². The Morgan fingerprint density at radius 2 is 1.71 bits per heavy atom. The molecular weight excluding hydrogens is 491 g/mol. The molecule has 0 bridgehead atoms. The Hall–Kier alpha value is -4.14. The third-order valence-electron chi connectivity index (χ3n) is 5.20. The molecule has 2 heterocycles. The Labute approximate surface area is 208 Å². The lowest BCUT2D eigenvalue weighted by Crippen LogP contribution is -2.12. The zero-order valence-electron chi connectivity index (χ0n) is 17.9. The summed E-state index contributed by atoms with van der Waals surface area (Å²) in [6.07, 6.45) is 0. The molecule has 0 spiro atoms. The molecule has 0 aliphatic heterocycles. The van der Waals surface area contributed by atoms with Gasteiger partial charge in [0.25, 0.3) is 5.91 Å². The van der Waals surface area contributed by atoms with Crippen molar-refractivity contribution in [3.63, 3.8) is 0 Å². The number of hydrogen-bond acceptors (Lipinski definition) is 5. The fraction of sp³-hybridized carbons (Fsp3) is 0.0400. The zero-order valence-corrected chi connectivity index (χ0v) is 19.4. The summed E-state index contributed by atoms with van der Waals surface area (Å²) in [6, 6.07) is 19.3. The molecule has 0 aliphatic rings. The summed E-state index contributed by atoms with van der Waals surface area (Å²) in [7, 11) is 0. The lowest BCUT2D eigenvalue weighted by atomic mass is 10.2. The van der Waals surface area contributed by atoms with E-state index in [0.29, 0.717) is 33.8 Å². The van der Waals surface area contributed by atoms with Crippen LogP contribution in [0.1, 0.15) is 10.4 Å². The number of nitrogens with zero attached hydrogens (tertiary/aromatic N) is 2. The standard InChI is InChI=1S/C25H16Cl2N4O4/c26-16-10-15(35-12-22(32)33)11-17(27)23(16)24-29-19-7-5-14(9-20(19)30-24)25(34)31-21-8-6-13-3-1-2-4-18(13)28-21/h1-11H,12H2,(H,29,30)(H,32,33)(H,28,31,34). The lowest BCUT2D eigenvalue weighted by Gasteiger charge is -2.08. The highest BCUT2D eigenvalue weighted by molar-refractivity contribution is 6.39. The maximum absolute atomic E-state index is 12.8. The van der Waals surface area contributed by atoms with Crippen molar-refractivity contribution in [1.82, 2.24) is 15.0 Å². The number of carbonyl (C=O) groups excluding carboxylic acids is 1. The Bertz CT molecular complexity index is 1590. The van der Waals surface area contributed by atoms with Gasteiger partial charge in [0, 0.05) is 10.9 Å². The van der Waals surface area contributed by atoms with E-state index < -0.39 is 12.6 Å². The number of carbonyl (C=O) groups is 2. The predicted octanol–water partition coefficient (Wildman–Crippen LogP) is 5.80. The molecule has 174 valence electrons. The van der Waals surface area contributed by atoms with Crippen molar-refractivity contribution in [2.45, 2.75) is 0 Å². The van der Waals surface area contributed by atoms with Crippen molar-refractivity contribution in [3.8, 4) is 17.1 Å². The first-order chi connectivity index (χ1) is 16.9. The second-order valence-corrected chi connectivity index (χ2v) is 8.42. The van der Waals surface area contributed by atoms with Crippen molar-refractivity contribution in [1.29, 1.82) is 0 Å². The Morgan fingerprint density at radius 1 is 0.943 bits per heavy atom. The number of imidazole rings is 1. The molecule has 3 aromatic carbocycles. The molecule has 0 saturated carbocycles. The summed E-state index contributed by atoms with van der Waals surface area (Å²) in [5, 5.41) is 13.0. The van der Waals surface area contributed by atoms with Gasteiger partial charge in [0.2, 0.25) is 0 Å². The summed E-state index contributed by atoms with van der Waals surface area (Å²) < 4.78 is 5.14. The highest BCUT2D eigenvalue weighted by Gasteiger charge is 2.17. The number of anilines is 1. The summed E-state index contributed by atoms with van der Waals surface area (Å²) in [5.74, 6) is -0.364. The van der Waals surface area contributed by atoms with E-state index in [0.717, 1.165) is 10.9 Å². The fourth-order valence-corrected chi connectivity index (χ4v) is 4.24. The minimum Gasteiger partial charge on any atom is -0.482 e. The maximum atomic E-state index is 12.8. The number of halogens is 2. The van der Waals surface area contributed by atoms with E-state index in [1.165, 1.54) is 12.1 Å². The molecule has 0 unspecified atom stereocenters. The van der Waals surface area contributed by atoms with Gasteiger partial charge in [-0.15, -0.1) is 0 Å². The van der Waals surface area contributed by atoms with Gasteiger partial charge in [0.05, 0.1) is 32.2 Å². The SMILES string of the molecule is O=C(O)COc1cc(Cl)c(-c2nc3ccc(C(=O)Nc4ccc5ccccc5n4)cc3[nH]2)c(Cl)c1. The van der Waals surface area contributed by atoms with Crippen LogP contribution < -0.4 is 10.1 Å². The number of hydrogen-bond donors (Lipinski definition) is 3. The molecule has 0 fully saturated rings. The predicted molar refractivity (Wildman–Crippen MR) is 134 cm³/mol. The second-order valence-electron chi connectivity index (χ2n) is 7.60. The molecule has 35 heavy (non-hydrogen) atoms. The number of carboxylic acid groups (broad SMARTS) is 1. The van der Waals surface area contributed by atoms with Gasteiger partial charge >= 0.3 is 5.97 Å². The molecular formula is C25H16Cl2N4O4. The lowest BCUT2D eigenvalue weighted by molar-refractivity contribution is -0.139. The zero-order chi connectivity index (χ0) is 24.5. The Kier molecular flexibility index (Phi) is 5.98. The molecule has 10 heteroatoms. The molecule has 0 aliphatic carbocycles. The minimum atomic E-state index is -1.12. The van der Waals surface area contributed by atoms with Crippen LogP contribution in [0.15, 0.2) is 66.7 Å². The van der Waals surface area contributed by atoms with Crippen molar-refractivity contribution >= 4 is 62.8 Å². The number of aromatic amines is 1. The van der Waals surface area contributed by atoms with Gasteiger partial charge in [-0.3, -0.25) is 4.79 Å². The highest BCUT2D eigenvalue weighted by Crippen LogP contribution is 2.37. The van der Waals surface area contributed by atoms with E-state index in [-0.39, 0.29) is 21.7 Å². The topological polar surface area (TPSA) is 117 Å².